The summed E-state index contributed by atoms with van der Waals surface area (Å²) in [4.78, 5) is 11.3. The van der Waals surface area contributed by atoms with Crippen LogP contribution in [0, 0.1) is 0 Å². The monoisotopic (exact) mass is 288 g/mol. The molecule has 0 saturated carbocycles. The van der Waals surface area contributed by atoms with Crippen molar-refractivity contribution in [2.24, 2.45) is 0 Å². The maximum Gasteiger partial charge on any atom is 0.233 e. The van der Waals surface area contributed by atoms with Crippen LogP contribution in [-0.2, 0) is 4.79 Å². The summed E-state index contributed by atoms with van der Waals surface area (Å²) in [5, 5.41) is 5.90. The molecular weight excluding hydrogens is 272 g/mol. The number of halogens is 1. The van der Waals surface area contributed by atoms with Gasteiger partial charge in [0.05, 0.1) is 23.3 Å². The minimum atomic E-state index is 0.0105. The van der Waals surface area contributed by atoms with Gasteiger partial charge in [-0.3, -0.25) is 10.1 Å². The Kier molecular flexibility index (Phi) is 5.55. The molecule has 90 valence electrons. The zero-order valence-corrected chi connectivity index (χ0v) is 11.1. The molecule has 16 heavy (non-hydrogen) atoms. The van der Waals surface area contributed by atoms with Crippen molar-refractivity contribution in [3.8, 4) is 0 Å². The van der Waals surface area contributed by atoms with Crippen molar-refractivity contribution >= 4 is 21.8 Å². The molecule has 0 bridgehead atoms. The average molecular weight is 289 g/mol. The molecular formula is C11H17BrN2O2. The number of rotatable bonds is 6. The molecule has 1 aromatic heterocycles. The zero-order chi connectivity index (χ0) is 12.0. The van der Waals surface area contributed by atoms with Crippen molar-refractivity contribution in [1.82, 2.24) is 10.6 Å². The van der Waals surface area contributed by atoms with Crippen LogP contribution in [0.4, 0.5) is 0 Å². The van der Waals surface area contributed by atoms with E-state index in [-0.39, 0.29) is 11.9 Å². The lowest BCUT2D eigenvalue weighted by Gasteiger charge is -2.11. The molecule has 5 heteroatoms. The zero-order valence-electron chi connectivity index (χ0n) is 9.55. The molecule has 4 nitrogen and oxygen atoms in total. The maximum absolute atomic E-state index is 11.3. The second-order valence-electron chi connectivity index (χ2n) is 3.59. The van der Waals surface area contributed by atoms with Crippen LogP contribution in [0.25, 0.3) is 0 Å². The van der Waals surface area contributed by atoms with E-state index in [9.17, 15) is 4.79 Å². The van der Waals surface area contributed by atoms with E-state index in [0.717, 1.165) is 23.2 Å². The van der Waals surface area contributed by atoms with Crippen LogP contribution in [-0.4, -0.2) is 19.0 Å². The minimum Gasteiger partial charge on any atom is -0.466 e. The van der Waals surface area contributed by atoms with Gasteiger partial charge in [-0.15, -0.1) is 0 Å². The molecule has 0 aliphatic carbocycles. The largest absolute Gasteiger partial charge is 0.466 e. The van der Waals surface area contributed by atoms with E-state index >= 15 is 0 Å². The summed E-state index contributed by atoms with van der Waals surface area (Å²) < 4.78 is 6.22. The number of carbonyl (C=O) groups is 1. The van der Waals surface area contributed by atoms with Crippen LogP contribution in [0.3, 0.4) is 0 Å². The van der Waals surface area contributed by atoms with E-state index in [4.69, 9.17) is 4.42 Å². The van der Waals surface area contributed by atoms with E-state index in [1.54, 1.807) is 6.26 Å². The summed E-state index contributed by atoms with van der Waals surface area (Å²) in [5.74, 6) is 0.819. The van der Waals surface area contributed by atoms with Gasteiger partial charge in [-0.1, -0.05) is 6.92 Å². The van der Waals surface area contributed by atoms with Crippen molar-refractivity contribution in [2.75, 3.05) is 13.1 Å². The molecule has 1 atom stereocenters. The van der Waals surface area contributed by atoms with Crippen LogP contribution >= 0.6 is 15.9 Å². The fourth-order valence-corrected chi connectivity index (χ4v) is 1.82. The molecule has 1 rings (SSSR count). The Morgan fingerprint density at radius 2 is 2.38 bits per heavy atom. The first-order valence-electron chi connectivity index (χ1n) is 5.38. The topological polar surface area (TPSA) is 54.3 Å². The fraction of sp³-hybridized carbons (Fsp3) is 0.545. The van der Waals surface area contributed by atoms with Gasteiger partial charge in [-0.2, -0.15) is 0 Å². The Morgan fingerprint density at radius 1 is 1.62 bits per heavy atom. The first-order valence-corrected chi connectivity index (χ1v) is 6.17. The van der Waals surface area contributed by atoms with Gasteiger partial charge < -0.3 is 9.73 Å². The Bertz CT molecular complexity index is 338. The Hall–Kier alpha value is -0.810. The molecule has 0 saturated heterocycles. The van der Waals surface area contributed by atoms with Gasteiger partial charge in [0.25, 0.3) is 0 Å². The van der Waals surface area contributed by atoms with E-state index in [0.29, 0.717) is 6.54 Å². The molecule has 1 unspecified atom stereocenters. The van der Waals surface area contributed by atoms with Crippen LogP contribution in [0.2, 0.25) is 0 Å². The third-order valence-corrected chi connectivity index (χ3v) is 2.83. The summed E-state index contributed by atoms with van der Waals surface area (Å²) in [7, 11) is 0. The second kappa shape index (κ2) is 6.70. The van der Waals surface area contributed by atoms with E-state index < -0.39 is 0 Å². The third-order valence-electron chi connectivity index (χ3n) is 2.18. The van der Waals surface area contributed by atoms with Crippen LogP contribution < -0.4 is 10.6 Å². The van der Waals surface area contributed by atoms with E-state index in [1.165, 1.54) is 0 Å². The smallest absolute Gasteiger partial charge is 0.233 e. The lowest BCUT2D eigenvalue weighted by atomic mass is 10.2. The summed E-state index contributed by atoms with van der Waals surface area (Å²) in [6.07, 6.45) is 2.57. The van der Waals surface area contributed by atoms with Gasteiger partial charge in [-0.25, -0.2) is 0 Å². The van der Waals surface area contributed by atoms with E-state index in [1.807, 2.05) is 19.9 Å². The molecule has 1 amide bonds. The highest BCUT2D eigenvalue weighted by Gasteiger charge is 2.13. The lowest BCUT2D eigenvalue weighted by molar-refractivity contribution is -0.120. The summed E-state index contributed by atoms with van der Waals surface area (Å²) in [5.41, 5.74) is 0. The molecule has 0 aliphatic heterocycles. The Balaban J connectivity index is 2.33. The van der Waals surface area contributed by atoms with Gasteiger partial charge in [-0.05, 0) is 35.3 Å². The second-order valence-corrected chi connectivity index (χ2v) is 4.44. The molecule has 0 fully saturated rings. The number of furan rings is 1. The highest BCUT2D eigenvalue weighted by molar-refractivity contribution is 9.10. The van der Waals surface area contributed by atoms with Crippen molar-refractivity contribution in [3.63, 3.8) is 0 Å². The van der Waals surface area contributed by atoms with Crippen molar-refractivity contribution in [3.05, 3.63) is 22.6 Å². The third kappa shape index (κ3) is 3.98. The minimum absolute atomic E-state index is 0.0105. The van der Waals surface area contributed by atoms with Crippen LogP contribution in [0.1, 0.15) is 32.1 Å². The SMILES string of the molecule is CCCNC(=O)CNC(C)c1occc1Br. The fourth-order valence-electron chi connectivity index (χ4n) is 1.28. The van der Waals surface area contributed by atoms with Crippen LogP contribution in [0.15, 0.2) is 21.2 Å². The number of nitrogens with one attached hydrogen (secondary N) is 2. The van der Waals surface area contributed by atoms with Crippen molar-refractivity contribution in [2.45, 2.75) is 26.3 Å². The molecule has 0 radical (unpaired) electrons. The quantitative estimate of drug-likeness (QED) is 0.844. The lowest BCUT2D eigenvalue weighted by Crippen LogP contribution is -2.35. The predicted molar refractivity (Wildman–Crippen MR) is 66.1 cm³/mol. The summed E-state index contributed by atoms with van der Waals surface area (Å²) in [6.45, 7) is 5.00. The predicted octanol–water partition coefficient (Wildman–Crippen LogP) is 2.22. The highest BCUT2D eigenvalue weighted by atomic mass is 79.9. The molecule has 2 N–H and O–H groups in total. The molecule has 0 aromatic carbocycles. The van der Waals surface area contributed by atoms with Gasteiger partial charge in [0.1, 0.15) is 5.76 Å². The first kappa shape index (κ1) is 13.3. The van der Waals surface area contributed by atoms with Crippen molar-refractivity contribution in [1.29, 1.82) is 0 Å². The van der Waals surface area contributed by atoms with Crippen LogP contribution in [0.5, 0.6) is 0 Å². The number of amides is 1. The van der Waals surface area contributed by atoms with Gasteiger partial charge in [0, 0.05) is 6.54 Å². The molecule has 0 spiro atoms. The number of hydrogen-bond donors (Lipinski definition) is 2. The maximum atomic E-state index is 11.3. The average Bonchev–Trinajstić information content (AvgIpc) is 2.69. The number of hydrogen-bond acceptors (Lipinski definition) is 3. The molecule has 0 aliphatic rings. The summed E-state index contributed by atoms with van der Waals surface area (Å²) in [6, 6.07) is 1.85. The van der Waals surface area contributed by atoms with Gasteiger partial charge >= 0.3 is 0 Å². The molecule has 1 heterocycles. The Morgan fingerprint density at radius 3 is 2.94 bits per heavy atom. The standard InChI is InChI=1S/C11H17BrN2O2/c1-3-5-13-10(15)7-14-8(2)11-9(12)4-6-16-11/h4,6,8,14H,3,5,7H2,1-2H3,(H,13,15). The number of carbonyl (C=O) groups excluding carboxylic acids is 1. The van der Waals surface area contributed by atoms with Gasteiger partial charge in [0.15, 0.2) is 0 Å². The van der Waals surface area contributed by atoms with Gasteiger partial charge in [0.2, 0.25) is 5.91 Å². The highest BCUT2D eigenvalue weighted by Crippen LogP contribution is 2.23. The normalized spacial score (nSPS) is 12.4. The first-order chi connectivity index (χ1) is 7.65. The molecule has 1 aromatic rings. The summed E-state index contributed by atoms with van der Waals surface area (Å²) >= 11 is 3.38. The van der Waals surface area contributed by atoms with Crippen molar-refractivity contribution < 1.29 is 9.21 Å². The van der Waals surface area contributed by atoms with E-state index in [2.05, 4.69) is 26.6 Å². The Labute approximate surface area is 104 Å².